The molecule has 2 N–H and O–H groups in total. The van der Waals surface area contributed by atoms with E-state index < -0.39 is 5.97 Å². The Hall–Kier alpha value is -0.910. The molecule has 1 saturated heterocycles. The molecule has 5 nitrogen and oxygen atoms in total. The van der Waals surface area contributed by atoms with Crippen LogP contribution in [0.1, 0.15) is 45.4 Å². The minimum atomic E-state index is -0.833. The molecule has 6 heteroatoms. The van der Waals surface area contributed by atoms with Crippen molar-refractivity contribution in [1.82, 2.24) is 10.2 Å². The molecule has 2 aliphatic rings. The Morgan fingerprint density at radius 2 is 2.05 bits per heavy atom. The lowest BCUT2D eigenvalue weighted by molar-refractivity contribution is -0.138. The number of nitrogens with zero attached hydrogens (tertiary/aromatic N) is 1. The summed E-state index contributed by atoms with van der Waals surface area (Å²) in [6.07, 6.45) is 6.24. The molecule has 2 unspecified atom stereocenters. The Morgan fingerprint density at radius 3 is 2.71 bits per heavy atom. The summed E-state index contributed by atoms with van der Waals surface area (Å²) in [7, 11) is 0. The van der Waals surface area contributed by atoms with Crippen LogP contribution in [-0.2, 0) is 4.79 Å². The van der Waals surface area contributed by atoms with Crippen molar-refractivity contribution in [2.75, 3.05) is 18.1 Å². The number of amides is 2. The number of aliphatic carboxylic acids is 1. The maximum absolute atomic E-state index is 12.5. The highest BCUT2D eigenvalue weighted by Crippen LogP contribution is 2.27. The van der Waals surface area contributed by atoms with Gasteiger partial charge in [0, 0.05) is 24.1 Å². The van der Waals surface area contributed by atoms with Crippen LogP contribution < -0.4 is 5.32 Å². The zero-order chi connectivity index (χ0) is 15.2. The molecule has 1 aliphatic carbocycles. The number of carbonyl (C=O) groups is 2. The number of carboxylic acids is 1. The van der Waals surface area contributed by atoms with Crippen LogP contribution in [0.2, 0.25) is 0 Å². The van der Waals surface area contributed by atoms with E-state index in [1.54, 1.807) is 16.7 Å². The molecule has 21 heavy (non-hydrogen) atoms. The molecule has 0 spiro atoms. The van der Waals surface area contributed by atoms with Crippen LogP contribution in [-0.4, -0.2) is 52.1 Å². The second-order valence-electron chi connectivity index (χ2n) is 6.16. The van der Waals surface area contributed by atoms with E-state index in [1.807, 2.05) is 0 Å². The van der Waals surface area contributed by atoms with Gasteiger partial charge in [0.25, 0.3) is 0 Å². The normalized spacial score (nSPS) is 25.4. The van der Waals surface area contributed by atoms with E-state index >= 15 is 0 Å². The summed E-state index contributed by atoms with van der Waals surface area (Å²) >= 11 is 1.73. The fourth-order valence-corrected chi connectivity index (χ4v) is 4.38. The molecule has 0 aromatic carbocycles. The number of carboxylic acid groups (broad SMARTS) is 1. The average Bonchev–Trinajstić information content (AvgIpc) is 2.48. The van der Waals surface area contributed by atoms with Gasteiger partial charge in [-0.3, -0.25) is 4.79 Å². The molecule has 1 saturated carbocycles. The Labute approximate surface area is 130 Å². The number of urea groups is 1. The topological polar surface area (TPSA) is 69.6 Å². The van der Waals surface area contributed by atoms with Crippen molar-refractivity contribution in [2.24, 2.45) is 5.92 Å². The van der Waals surface area contributed by atoms with E-state index in [2.05, 4.69) is 12.2 Å². The van der Waals surface area contributed by atoms with Crippen LogP contribution in [0.15, 0.2) is 0 Å². The lowest BCUT2D eigenvalue weighted by Gasteiger charge is -2.37. The molecule has 0 aromatic heterocycles. The Kier molecular flexibility index (Phi) is 6.21. The Morgan fingerprint density at radius 1 is 1.33 bits per heavy atom. The number of carbonyl (C=O) groups excluding carboxylic acids is 1. The van der Waals surface area contributed by atoms with Gasteiger partial charge in [-0.2, -0.15) is 11.8 Å². The highest BCUT2D eigenvalue weighted by Gasteiger charge is 2.30. The first-order valence-corrected chi connectivity index (χ1v) is 9.10. The van der Waals surface area contributed by atoms with E-state index in [0.717, 1.165) is 11.5 Å². The first kappa shape index (κ1) is 16.5. The third kappa shape index (κ3) is 4.80. The lowest BCUT2D eigenvalue weighted by Crippen LogP contribution is -2.54. The second kappa shape index (κ2) is 7.92. The van der Waals surface area contributed by atoms with Crippen LogP contribution in [0, 0.1) is 5.92 Å². The van der Waals surface area contributed by atoms with Gasteiger partial charge in [-0.25, -0.2) is 4.79 Å². The van der Waals surface area contributed by atoms with Gasteiger partial charge in [0.15, 0.2) is 0 Å². The van der Waals surface area contributed by atoms with Crippen molar-refractivity contribution >= 4 is 23.8 Å². The monoisotopic (exact) mass is 314 g/mol. The SMILES string of the molecule is CC(NC(=O)N1CCSCC1CC(=O)O)C1CCCCC1. The smallest absolute Gasteiger partial charge is 0.317 e. The van der Waals surface area contributed by atoms with Gasteiger partial charge < -0.3 is 15.3 Å². The van der Waals surface area contributed by atoms with E-state index in [0.29, 0.717) is 12.5 Å². The average molecular weight is 314 g/mol. The highest BCUT2D eigenvalue weighted by molar-refractivity contribution is 7.99. The molecule has 2 amide bonds. The summed E-state index contributed by atoms with van der Waals surface area (Å²) in [5.74, 6) is 1.35. The summed E-state index contributed by atoms with van der Waals surface area (Å²) in [6, 6.07) is -0.0858. The molecular formula is C15H26N2O3S. The third-order valence-electron chi connectivity index (χ3n) is 4.61. The fourth-order valence-electron chi connectivity index (χ4n) is 3.32. The minimum Gasteiger partial charge on any atom is -0.481 e. The largest absolute Gasteiger partial charge is 0.481 e. The van der Waals surface area contributed by atoms with Gasteiger partial charge in [-0.1, -0.05) is 19.3 Å². The summed E-state index contributed by atoms with van der Waals surface area (Å²) < 4.78 is 0. The molecule has 2 fully saturated rings. The predicted octanol–water partition coefficient (Wildman–Crippen LogP) is 2.56. The number of nitrogens with one attached hydrogen (secondary N) is 1. The van der Waals surface area contributed by atoms with Gasteiger partial charge in [0.2, 0.25) is 0 Å². The molecule has 1 aliphatic heterocycles. The number of hydrogen-bond acceptors (Lipinski definition) is 3. The minimum absolute atomic E-state index is 0.0399. The molecule has 1 heterocycles. The molecule has 2 atom stereocenters. The van der Waals surface area contributed by atoms with E-state index in [9.17, 15) is 9.59 Å². The van der Waals surface area contributed by atoms with Crippen LogP contribution in [0.4, 0.5) is 4.79 Å². The van der Waals surface area contributed by atoms with Crippen molar-refractivity contribution < 1.29 is 14.7 Å². The first-order valence-electron chi connectivity index (χ1n) is 7.94. The van der Waals surface area contributed by atoms with Crippen LogP contribution in [0.3, 0.4) is 0 Å². The zero-order valence-electron chi connectivity index (χ0n) is 12.7. The first-order chi connectivity index (χ1) is 10.1. The Bertz CT molecular complexity index is 372. The molecule has 0 aromatic rings. The molecular weight excluding hydrogens is 288 g/mol. The maximum Gasteiger partial charge on any atom is 0.317 e. The molecule has 2 rings (SSSR count). The number of hydrogen-bond donors (Lipinski definition) is 2. The van der Waals surface area contributed by atoms with Crippen molar-refractivity contribution in [1.29, 1.82) is 0 Å². The summed E-state index contributed by atoms with van der Waals surface area (Å²) in [4.78, 5) is 25.1. The van der Waals surface area contributed by atoms with Crippen LogP contribution in [0.5, 0.6) is 0 Å². The summed E-state index contributed by atoms with van der Waals surface area (Å²) in [6.45, 7) is 2.73. The third-order valence-corrected chi connectivity index (χ3v) is 5.70. The van der Waals surface area contributed by atoms with Gasteiger partial charge in [-0.15, -0.1) is 0 Å². The van der Waals surface area contributed by atoms with Gasteiger partial charge >= 0.3 is 12.0 Å². The van der Waals surface area contributed by atoms with Crippen LogP contribution in [0.25, 0.3) is 0 Å². The van der Waals surface area contributed by atoms with E-state index in [1.165, 1.54) is 32.1 Å². The zero-order valence-corrected chi connectivity index (χ0v) is 13.5. The van der Waals surface area contributed by atoms with Crippen molar-refractivity contribution in [2.45, 2.75) is 57.5 Å². The van der Waals surface area contributed by atoms with Gasteiger partial charge in [0.05, 0.1) is 12.5 Å². The maximum atomic E-state index is 12.5. The lowest BCUT2D eigenvalue weighted by atomic mass is 9.84. The fraction of sp³-hybridized carbons (Fsp3) is 0.867. The second-order valence-corrected chi connectivity index (χ2v) is 7.31. The quantitative estimate of drug-likeness (QED) is 0.837. The van der Waals surface area contributed by atoms with Crippen molar-refractivity contribution in [3.63, 3.8) is 0 Å². The van der Waals surface area contributed by atoms with Gasteiger partial charge in [-0.05, 0) is 25.7 Å². The summed E-state index contributed by atoms with van der Waals surface area (Å²) in [5, 5.41) is 12.1. The number of thioether (sulfide) groups is 1. The van der Waals surface area contributed by atoms with Crippen molar-refractivity contribution in [3.8, 4) is 0 Å². The molecule has 0 radical (unpaired) electrons. The number of rotatable bonds is 4. The summed E-state index contributed by atoms with van der Waals surface area (Å²) in [5.41, 5.74) is 0. The van der Waals surface area contributed by atoms with E-state index in [-0.39, 0.29) is 24.5 Å². The van der Waals surface area contributed by atoms with Gasteiger partial charge in [0.1, 0.15) is 0 Å². The molecule has 0 bridgehead atoms. The standard InChI is InChI=1S/C15H26N2O3S/c1-11(12-5-3-2-4-6-12)16-15(20)17-7-8-21-10-13(17)9-14(18)19/h11-13H,2-10H2,1H3,(H,16,20)(H,18,19). The predicted molar refractivity (Wildman–Crippen MR) is 84.6 cm³/mol. The van der Waals surface area contributed by atoms with E-state index in [4.69, 9.17) is 5.11 Å². The highest BCUT2D eigenvalue weighted by atomic mass is 32.2. The van der Waals surface area contributed by atoms with Crippen molar-refractivity contribution in [3.05, 3.63) is 0 Å². The molecule has 120 valence electrons. The van der Waals surface area contributed by atoms with Crippen LogP contribution >= 0.6 is 11.8 Å². The Balaban J connectivity index is 1.88.